The van der Waals surface area contributed by atoms with Crippen LogP contribution in [0.1, 0.15) is 48.2 Å². The molecule has 0 aliphatic carbocycles. The van der Waals surface area contributed by atoms with Crippen molar-refractivity contribution in [1.29, 1.82) is 0 Å². The van der Waals surface area contributed by atoms with E-state index in [4.69, 9.17) is 0 Å². The predicted octanol–water partition coefficient (Wildman–Crippen LogP) is 4.82. The molecule has 2 saturated heterocycles. The smallest absolute Gasteiger partial charge is 0.406 e. The molecule has 0 saturated carbocycles. The lowest BCUT2D eigenvalue weighted by molar-refractivity contribution is -0.274. The van der Waals surface area contributed by atoms with E-state index in [1.54, 1.807) is 21.7 Å². The van der Waals surface area contributed by atoms with Gasteiger partial charge < -0.3 is 14.5 Å². The summed E-state index contributed by atoms with van der Waals surface area (Å²) in [6.07, 6.45) is -2.03. The van der Waals surface area contributed by atoms with E-state index >= 15 is 0 Å². The molecule has 2 aliphatic rings. The molecule has 3 atom stereocenters. The third-order valence-electron chi connectivity index (χ3n) is 8.51. The number of aromatic nitrogens is 3. The zero-order valence-electron chi connectivity index (χ0n) is 25.8. The van der Waals surface area contributed by atoms with Gasteiger partial charge in [-0.25, -0.2) is 0 Å². The Bertz CT molecular complexity index is 1470. The maximum atomic E-state index is 13.6. The first kappa shape index (κ1) is 31.5. The predicted molar refractivity (Wildman–Crippen MR) is 159 cm³/mol. The van der Waals surface area contributed by atoms with Gasteiger partial charge >= 0.3 is 6.36 Å². The Morgan fingerprint density at radius 2 is 1.64 bits per heavy atom. The second-order valence-corrected chi connectivity index (χ2v) is 12.2. The van der Waals surface area contributed by atoms with Crippen LogP contribution in [0.4, 0.5) is 18.9 Å². The van der Waals surface area contributed by atoms with Gasteiger partial charge in [-0.15, -0.1) is 18.3 Å². The van der Waals surface area contributed by atoms with Gasteiger partial charge in [-0.1, -0.05) is 35.0 Å². The third kappa shape index (κ3) is 7.23. The molecule has 3 aromatic rings. The number of piperazine rings is 1. The average molecular weight is 613 g/mol. The number of hydrogen-bond acceptors (Lipinski definition) is 6. The maximum absolute atomic E-state index is 13.6. The first-order chi connectivity index (χ1) is 20.8. The second-order valence-electron chi connectivity index (χ2n) is 12.2. The lowest BCUT2D eigenvalue weighted by atomic mass is 10.0. The molecule has 2 aliphatic heterocycles. The van der Waals surface area contributed by atoms with Crippen molar-refractivity contribution in [2.24, 2.45) is 5.92 Å². The monoisotopic (exact) mass is 612 g/mol. The highest BCUT2D eigenvalue weighted by Crippen LogP contribution is 2.33. The number of rotatable bonds is 8. The minimum Gasteiger partial charge on any atom is -0.406 e. The van der Waals surface area contributed by atoms with E-state index in [9.17, 15) is 22.8 Å². The van der Waals surface area contributed by atoms with Crippen molar-refractivity contribution < 1.29 is 27.5 Å². The molecular formula is C32H39F3N6O3. The number of alkyl halides is 3. The molecule has 0 N–H and O–H groups in total. The van der Waals surface area contributed by atoms with E-state index in [-0.39, 0.29) is 42.0 Å². The standard InChI is InChI=1S/C32H39F3N6O3/c1-20-12-21(2)30(22(3)13-20)41-17-26(14-29(41)42)31(43)38-15-23(4)40(24(5)16-38)19-27-18-39(37-36-27)11-10-25-6-8-28(9-7-25)44-32(33,34)35/h6-9,12-13,18,23-24,26H,10-11,14-17,19H2,1-5H3/t23-,24+,26?. The minimum atomic E-state index is -4.71. The Kier molecular flexibility index (Phi) is 9.01. The van der Waals surface area contributed by atoms with Crippen molar-refractivity contribution in [3.8, 4) is 5.75 Å². The van der Waals surface area contributed by atoms with Crippen LogP contribution in [0.15, 0.2) is 42.6 Å². The molecule has 3 heterocycles. The lowest BCUT2D eigenvalue weighted by Gasteiger charge is -2.44. The Labute approximate surface area is 255 Å². The first-order valence-corrected chi connectivity index (χ1v) is 14.9. The number of ether oxygens (including phenoxy) is 1. The number of anilines is 1. The Morgan fingerprint density at radius 1 is 1.00 bits per heavy atom. The molecule has 2 fully saturated rings. The number of carbonyl (C=O) groups is 2. The summed E-state index contributed by atoms with van der Waals surface area (Å²) < 4.78 is 42.8. The summed E-state index contributed by atoms with van der Waals surface area (Å²) in [5.74, 6) is -0.582. The maximum Gasteiger partial charge on any atom is 0.573 e. The summed E-state index contributed by atoms with van der Waals surface area (Å²) in [6.45, 7) is 12.9. The van der Waals surface area contributed by atoms with Gasteiger partial charge in [-0.3, -0.25) is 19.2 Å². The van der Waals surface area contributed by atoms with E-state index in [0.717, 1.165) is 33.6 Å². The van der Waals surface area contributed by atoms with Gasteiger partial charge in [-0.2, -0.15) is 0 Å². The highest BCUT2D eigenvalue weighted by Gasteiger charge is 2.41. The highest BCUT2D eigenvalue weighted by molar-refractivity contribution is 6.01. The van der Waals surface area contributed by atoms with Crippen LogP contribution in [0.3, 0.4) is 0 Å². The van der Waals surface area contributed by atoms with Crippen LogP contribution in [0.25, 0.3) is 0 Å². The number of carbonyl (C=O) groups excluding carboxylic acids is 2. The largest absolute Gasteiger partial charge is 0.573 e. The molecular weight excluding hydrogens is 573 g/mol. The van der Waals surface area contributed by atoms with Gasteiger partial charge in [0.15, 0.2) is 0 Å². The summed E-state index contributed by atoms with van der Waals surface area (Å²) in [7, 11) is 0. The van der Waals surface area contributed by atoms with Crippen molar-refractivity contribution >= 4 is 17.5 Å². The molecule has 12 heteroatoms. The zero-order valence-corrected chi connectivity index (χ0v) is 25.8. The normalized spacial score (nSPS) is 21.3. The average Bonchev–Trinajstić information content (AvgIpc) is 3.54. The Hall–Kier alpha value is -3.93. The van der Waals surface area contributed by atoms with Gasteiger partial charge in [0.2, 0.25) is 11.8 Å². The molecule has 2 amide bonds. The summed E-state index contributed by atoms with van der Waals surface area (Å²) >= 11 is 0. The van der Waals surface area contributed by atoms with Gasteiger partial charge in [0.1, 0.15) is 5.75 Å². The van der Waals surface area contributed by atoms with E-state index in [1.807, 2.05) is 31.9 Å². The quantitative estimate of drug-likeness (QED) is 0.363. The summed E-state index contributed by atoms with van der Waals surface area (Å²) in [6, 6.07) is 10.1. The summed E-state index contributed by atoms with van der Waals surface area (Å²) in [5, 5.41) is 8.56. The van der Waals surface area contributed by atoms with Crippen molar-refractivity contribution in [2.75, 3.05) is 24.5 Å². The fourth-order valence-corrected chi connectivity index (χ4v) is 6.60. The van der Waals surface area contributed by atoms with Crippen LogP contribution in [-0.2, 0) is 29.1 Å². The SMILES string of the molecule is Cc1cc(C)c(N2CC(C(=O)N3C[C@@H](C)N(Cc4cn(CCc5ccc(OC(F)(F)F)cc5)nn4)[C@@H](C)C3)CC2=O)c(C)c1. The van der Waals surface area contributed by atoms with Crippen LogP contribution < -0.4 is 9.64 Å². The molecule has 236 valence electrons. The number of amides is 2. The van der Waals surface area contributed by atoms with E-state index < -0.39 is 6.36 Å². The van der Waals surface area contributed by atoms with Crippen LogP contribution in [0.5, 0.6) is 5.75 Å². The summed E-state index contributed by atoms with van der Waals surface area (Å²) in [5.41, 5.74) is 5.83. The number of halogens is 3. The molecule has 0 spiro atoms. The second kappa shape index (κ2) is 12.6. The lowest BCUT2D eigenvalue weighted by Crippen LogP contribution is -2.58. The van der Waals surface area contributed by atoms with Gasteiger partial charge in [-0.05, 0) is 69.9 Å². The number of benzene rings is 2. The van der Waals surface area contributed by atoms with E-state index in [0.29, 0.717) is 39.1 Å². The first-order valence-electron chi connectivity index (χ1n) is 14.9. The Morgan fingerprint density at radius 3 is 2.25 bits per heavy atom. The van der Waals surface area contributed by atoms with Crippen molar-refractivity contribution in [3.05, 3.63) is 70.5 Å². The van der Waals surface area contributed by atoms with Crippen molar-refractivity contribution in [1.82, 2.24) is 24.8 Å². The van der Waals surface area contributed by atoms with E-state index in [2.05, 4.69) is 45.9 Å². The van der Waals surface area contributed by atoms with Crippen LogP contribution in [0, 0.1) is 26.7 Å². The molecule has 1 unspecified atom stereocenters. The molecule has 5 rings (SSSR count). The minimum absolute atomic E-state index is 0.00583. The van der Waals surface area contributed by atoms with Crippen LogP contribution in [0.2, 0.25) is 0 Å². The van der Waals surface area contributed by atoms with Crippen molar-refractivity contribution in [3.63, 3.8) is 0 Å². The molecule has 9 nitrogen and oxygen atoms in total. The molecule has 2 aromatic carbocycles. The van der Waals surface area contributed by atoms with Gasteiger partial charge in [0.25, 0.3) is 0 Å². The van der Waals surface area contributed by atoms with Crippen LogP contribution in [-0.4, -0.2) is 74.7 Å². The van der Waals surface area contributed by atoms with Gasteiger partial charge in [0, 0.05) is 63.1 Å². The topological polar surface area (TPSA) is 83.8 Å². The zero-order chi connectivity index (χ0) is 31.8. The molecule has 0 radical (unpaired) electrons. The fourth-order valence-electron chi connectivity index (χ4n) is 6.60. The number of aryl methyl sites for hydroxylation is 5. The molecule has 0 bridgehead atoms. The van der Waals surface area contributed by atoms with Gasteiger partial charge in [0.05, 0.1) is 11.6 Å². The summed E-state index contributed by atoms with van der Waals surface area (Å²) in [4.78, 5) is 32.6. The highest BCUT2D eigenvalue weighted by atomic mass is 19.4. The number of nitrogens with zero attached hydrogens (tertiary/aromatic N) is 6. The Balaban J connectivity index is 1.14. The third-order valence-corrected chi connectivity index (χ3v) is 8.51. The van der Waals surface area contributed by atoms with Crippen LogP contribution >= 0.6 is 0 Å². The van der Waals surface area contributed by atoms with E-state index in [1.165, 1.54) is 12.1 Å². The molecule has 1 aromatic heterocycles. The number of hydrogen-bond donors (Lipinski definition) is 0. The van der Waals surface area contributed by atoms with Crippen molar-refractivity contribution in [2.45, 2.75) is 79.0 Å². The molecule has 44 heavy (non-hydrogen) atoms. The fraction of sp³-hybridized carbons (Fsp3) is 0.500.